The van der Waals surface area contributed by atoms with Crippen molar-refractivity contribution in [3.8, 4) is 0 Å². The number of rotatable bonds is 5. The highest BCUT2D eigenvalue weighted by molar-refractivity contribution is 6.00. The summed E-state index contributed by atoms with van der Waals surface area (Å²) in [6.45, 7) is 13.2. The molecule has 0 bridgehead atoms. The molecular formula is C31H52N2O11. The van der Waals surface area contributed by atoms with E-state index >= 15 is 0 Å². The van der Waals surface area contributed by atoms with Gasteiger partial charge in [-0.1, -0.05) is 27.7 Å². The average Bonchev–Trinajstić information content (AvgIpc) is 3.20. The summed E-state index contributed by atoms with van der Waals surface area (Å²) in [5.74, 6) is -5.51. The fraction of sp³-hybridized carbons (Fsp3) is 0.871. The van der Waals surface area contributed by atoms with Crippen molar-refractivity contribution in [1.82, 2.24) is 9.96 Å². The highest BCUT2D eigenvalue weighted by Gasteiger charge is 2.60. The van der Waals surface area contributed by atoms with Crippen LogP contribution in [-0.2, 0) is 38.1 Å². The molecule has 13 heteroatoms. The molecule has 0 saturated carbocycles. The van der Waals surface area contributed by atoms with Crippen molar-refractivity contribution in [3.63, 3.8) is 0 Å². The summed E-state index contributed by atoms with van der Waals surface area (Å²) in [6.07, 6.45) is -4.81. The lowest BCUT2D eigenvalue weighted by atomic mass is 9.73. The van der Waals surface area contributed by atoms with Crippen molar-refractivity contribution in [2.24, 2.45) is 23.7 Å². The fourth-order valence-corrected chi connectivity index (χ4v) is 7.34. The van der Waals surface area contributed by atoms with Crippen molar-refractivity contribution in [2.75, 3.05) is 21.2 Å². The van der Waals surface area contributed by atoms with Crippen LogP contribution in [-0.4, -0.2) is 119 Å². The van der Waals surface area contributed by atoms with Gasteiger partial charge in [0.15, 0.2) is 17.7 Å². The maximum Gasteiger partial charge on any atom is 0.434 e. The molecule has 3 saturated heterocycles. The minimum absolute atomic E-state index is 0.0735. The number of carbonyl (C=O) groups excluding carboxylic acids is 4. The van der Waals surface area contributed by atoms with Gasteiger partial charge in [0.25, 0.3) is 0 Å². The number of likely N-dealkylation sites (N-methyl/N-ethyl adjacent to an activating group) is 1. The Labute approximate surface area is 260 Å². The Hall–Kier alpha value is -2.16. The van der Waals surface area contributed by atoms with Gasteiger partial charge in [0.2, 0.25) is 0 Å². The SMILES string of the molecule is CC[C@H]1OC(=O)[C@H](C)C(=O)[C@H](C)C(OC2O[C@H](C)CC(N(C)C)C2O)[C@](C)(OC)C[C@@H](C)C(=O)[C@H](C)C2N(O)C(=O)O[C@@]21C. The van der Waals surface area contributed by atoms with E-state index in [1.54, 1.807) is 34.6 Å². The highest BCUT2D eigenvalue weighted by atomic mass is 16.7. The number of amides is 1. The largest absolute Gasteiger partial charge is 0.457 e. The molecule has 0 aromatic heterocycles. The number of ether oxygens (including phenoxy) is 5. The number of hydroxylamine groups is 2. The Kier molecular flexibility index (Phi) is 11.3. The van der Waals surface area contributed by atoms with Gasteiger partial charge in [-0.15, -0.1) is 0 Å². The van der Waals surface area contributed by atoms with Crippen LogP contribution in [0.1, 0.15) is 74.7 Å². The summed E-state index contributed by atoms with van der Waals surface area (Å²) in [5, 5.41) is 22.4. The van der Waals surface area contributed by atoms with E-state index in [0.717, 1.165) is 0 Å². The van der Waals surface area contributed by atoms with Crippen LogP contribution in [0.5, 0.6) is 0 Å². The van der Waals surface area contributed by atoms with Crippen LogP contribution in [0.3, 0.4) is 0 Å². The first kappa shape index (κ1) is 36.3. The Morgan fingerprint density at radius 2 is 1.64 bits per heavy atom. The molecule has 13 nitrogen and oxygen atoms in total. The van der Waals surface area contributed by atoms with Crippen molar-refractivity contribution < 1.29 is 53.2 Å². The zero-order chi connectivity index (χ0) is 33.5. The number of nitrogens with zero attached hydrogens (tertiary/aromatic N) is 2. The number of aliphatic hydroxyl groups is 1. The zero-order valence-corrected chi connectivity index (χ0v) is 27.9. The van der Waals surface area contributed by atoms with Crippen LogP contribution in [0.2, 0.25) is 0 Å². The predicted molar refractivity (Wildman–Crippen MR) is 156 cm³/mol. The minimum atomic E-state index is -1.58. The number of carbonyl (C=O) groups is 4. The molecule has 0 aromatic carbocycles. The van der Waals surface area contributed by atoms with Gasteiger partial charge in [-0.2, -0.15) is 5.06 Å². The summed E-state index contributed by atoms with van der Waals surface area (Å²) in [7, 11) is 5.14. The molecule has 0 spiro atoms. The second kappa shape index (κ2) is 13.7. The second-order valence-electron chi connectivity index (χ2n) is 13.5. The zero-order valence-electron chi connectivity index (χ0n) is 27.9. The maximum absolute atomic E-state index is 14.0. The lowest BCUT2D eigenvalue weighted by Gasteiger charge is -2.47. The Bertz CT molecular complexity index is 1090. The molecule has 3 rings (SSSR count). The number of esters is 1. The minimum Gasteiger partial charge on any atom is -0.457 e. The maximum atomic E-state index is 14.0. The molecule has 5 unspecified atom stereocenters. The smallest absolute Gasteiger partial charge is 0.434 e. The third-order valence-electron chi connectivity index (χ3n) is 10.0. The third kappa shape index (κ3) is 6.68. The topological polar surface area (TPSA) is 161 Å². The molecular weight excluding hydrogens is 576 g/mol. The quantitative estimate of drug-likeness (QED) is 0.261. The van der Waals surface area contributed by atoms with Crippen molar-refractivity contribution >= 4 is 23.6 Å². The molecule has 1 amide bonds. The van der Waals surface area contributed by atoms with Gasteiger partial charge < -0.3 is 33.7 Å². The monoisotopic (exact) mass is 628 g/mol. The van der Waals surface area contributed by atoms with Crippen molar-refractivity contribution in [2.45, 2.75) is 129 Å². The summed E-state index contributed by atoms with van der Waals surface area (Å²) in [6, 6.07) is -1.46. The number of cyclic esters (lactones) is 1. The van der Waals surface area contributed by atoms with Crippen LogP contribution < -0.4 is 0 Å². The van der Waals surface area contributed by atoms with E-state index in [0.29, 0.717) is 11.5 Å². The van der Waals surface area contributed by atoms with E-state index in [1.165, 1.54) is 21.0 Å². The van der Waals surface area contributed by atoms with E-state index in [1.807, 2.05) is 25.9 Å². The molecule has 2 N–H and O–H groups in total. The van der Waals surface area contributed by atoms with Gasteiger partial charge in [0.1, 0.15) is 30.0 Å². The molecule has 0 aliphatic carbocycles. The Balaban J connectivity index is 2.11. The number of hydrogen-bond acceptors (Lipinski definition) is 12. The van der Waals surface area contributed by atoms with Crippen LogP contribution in [0.4, 0.5) is 4.79 Å². The normalized spacial score (nSPS) is 44.7. The van der Waals surface area contributed by atoms with E-state index < -0.39 is 83.4 Å². The number of ketones is 2. The average molecular weight is 629 g/mol. The lowest BCUT2D eigenvalue weighted by Crippen LogP contribution is -2.60. The van der Waals surface area contributed by atoms with E-state index in [4.69, 9.17) is 23.7 Å². The van der Waals surface area contributed by atoms with Crippen molar-refractivity contribution in [3.05, 3.63) is 0 Å². The lowest BCUT2D eigenvalue weighted by molar-refractivity contribution is -0.295. The first-order chi connectivity index (χ1) is 20.3. The summed E-state index contributed by atoms with van der Waals surface area (Å²) in [5.41, 5.74) is -2.86. The summed E-state index contributed by atoms with van der Waals surface area (Å²) >= 11 is 0. The molecule has 0 radical (unpaired) electrons. The first-order valence-corrected chi connectivity index (χ1v) is 15.5. The van der Waals surface area contributed by atoms with Gasteiger partial charge in [0, 0.05) is 30.9 Å². The predicted octanol–water partition coefficient (Wildman–Crippen LogP) is 2.58. The molecule has 3 aliphatic rings. The fourth-order valence-electron chi connectivity index (χ4n) is 7.34. The highest BCUT2D eigenvalue weighted by Crippen LogP contribution is 2.42. The van der Waals surface area contributed by atoms with E-state index in [9.17, 15) is 29.5 Å². The molecule has 3 heterocycles. The van der Waals surface area contributed by atoms with Gasteiger partial charge in [0.05, 0.1) is 17.8 Å². The molecule has 44 heavy (non-hydrogen) atoms. The van der Waals surface area contributed by atoms with E-state index in [-0.39, 0.29) is 30.8 Å². The molecule has 3 aliphatic heterocycles. The third-order valence-corrected chi connectivity index (χ3v) is 10.0. The van der Waals surface area contributed by atoms with Gasteiger partial charge in [-0.3, -0.25) is 19.6 Å². The van der Waals surface area contributed by atoms with E-state index in [2.05, 4.69) is 0 Å². The number of methoxy groups -OCH3 is 1. The van der Waals surface area contributed by atoms with Crippen LogP contribution >= 0.6 is 0 Å². The van der Waals surface area contributed by atoms with Gasteiger partial charge in [-0.25, -0.2) is 4.79 Å². The first-order valence-electron chi connectivity index (χ1n) is 15.5. The molecule has 0 aromatic rings. The number of aliphatic hydroxyl groups excluding tert-OH is 1. The Morgan fingerprint density at radius 1 is 1.02 bits per heavy atom. The summed E-state index contributed by atoms with van der Waals surface area (Å²) in [4.78, 5) is 55.9. The van der Waals surface area contributed by atoms with Gasteiger partial charge >= 0.3 is 12.1 Å². The molecule has 252 valence electrons. The van der Waals surface area contributed by atoms with Crippen molar-refractivity contribution in [1.29, 1.82) is 0 Å². The van der Waals surface area contributed by atoms with Crippen LogP contribution in [0, 0.1) is 23.7 Å². The number of fused-ring (bicyclic) bond motifs is 1. The van der Waals surface area contributed by atoms with Crippen LogP contribution in [0.25, 0.3) is 0 Å². The molecule has 3 fully saturated rings. The van der Waals surface area contributed by atoms with Crippen LogP contribution in [0.15, 0.2) is 0 Å². The number of hydrogen-bond donors (Lipinski definition) is 2. The number of Topliss-reactive ketones (excluding diaryl/α,β-unsaturated/α-hetero) is 2. The Morgan fingerprint density at radius 3 is 2.18 bits per heavy atom. The standard InChI is InChI=1S/C31H52N2O11/c1-12-21-31(8)25(33(39)29(38)44-31)17(4)22(34)15(2)14-30(7,40-11)26(18(5)23(35)19(6)27(37)42-21)43-28-24(36)20(32(9)10)13-16(3)41-28/h15-21,24-26,28,36,39H,12-14H2,1-11H3/t15-,16-,17+,18+,19-,20?,21-,24?,25?,26?,28?,30-,31-/m1/s1. The summed E-state index contributed by atoms with van der Waals surface area (Å²) < 4.78 is 29.9. The molecule has 13 atom stereocenters. The van der Waals surface area contributed by atoms with Gasteiger partial charge in [-0.05, 0) is 61.1 Å². The second-order valence-corrected chi connectivity index (χ2v) is 13.5.